The molecule has 0 spiro atoms. The van der Waals surface area contributed by atoms with Crippen LogP contribution in [-0.2, 0) is 11.2 Å². The first-order chi connectivity index (χ1) is 12.3. The molecule has 2 rings (SSSR count). The van der Waals surface area contributed by atoms with Gasteiger partial charge in [0.1, 0.15) is 12.4 Å². The van der Waals surface area contributed by atoms with Crippen molar-refractivity contribution in [3.05, 3.63) is 27.7 Å². The van der Waals surface area contributed by atoms with Gasteiger partial charge >= 0.3 is 5.97 Å². The van der Waals surface area contributed by atoms with E-state index in [1.165, 1.54) is 32.1 Å². The number of aliphatic hydroxyl groups is 2. The fourth-order valence-electron chi connectivity index (χ4n) is 3.48. The summed E-state index contributed by atoms with van der Waals surface area (Å²) in [6, 6.07) is 3.46. The molecule has 1 aromatic rings. The van der Waals surface area contributed by atoms with Crippen LogP contribution in [0.4, 0.5) is 0 Å². The Kier molecular flexibility index (Phi) is 8.48. The quantitative estimate of drug-likeness (QED) is 0.576. The fraction of sp³-hybridized carbons (Fsp3) is 0.632. The Balaban J connectivity index is 1.99. The normalized spacial score (nSPS) is 17.7. The van der Waals surface area contributed by atoms with Crippen molar-refractivity contribution in [1.82, 2.24) is 0 Å². The Bertz CT molecular complexity index is 602. The minimum Gasteiger partial charge on any atom is -0.489 e. The van der Waals surface area contributed by atoms with Crippen LogP contribution in [0, 0.1) is 5.92 Å². The average molecular weight is 405 g/mol. The third-order valence-electron chi connectivity index (χ3n) is 4.69. The summed E-state index contributed by atoms with van der Waals surface area (Å²) in [6.07, 6.45) is 4.33. The van der Waals surface area contributed by atoms with Crippen LogP contribution in [0.5, 0.6) is 5.75 Å². The highest BCUT2D eigenvalue weighted by atomic mass is 35.5. The van der Waals surface area contributed by atoms with Gasteiger partial charge in [-0.05, 0) is 30.0 Å². The molecule has 0 heterocycles. The molecule has 1 unspecified atom stereocenters. The molecule has 0 aromatic heterocycles. The second kappa shape index (κ2) is 10.4. The molecule has 0 amide bonds. The zero-order valence-electron chi connectivity index (χ0n) is 14.7. The molecular formula is C19H26Cl2O5. The number of benzene rings is 1. The first kappa shape index (κ1) is 21.3. The van der Waals surface area contributed by atoms with E-state index in [1.54, 1.807) is 6.07 Å². The molecular weight excluding hydrogens is 379 g/mol. The van der Waals surface area contributed by atoms with Crippen LogP contribution in [0.3, 0.4) is 0 Å². The van der Waals surface area contributed by atoms with Crippen molar-refractivity contribution in [2.24, 2.45) is 5.92 Å². The van der Waals surface area contributed by atoms with Gasteiger partial charge in [-0.3, -0.25) is 4.79 Å². The number of hydrogen-bond donors (Lipinski definition) is 3. The highest BCUT2D eigenvalue weighted by molar-refractivity contribution is 6.35. The summed E-state index contributed by atoms with van der Waals surface area (Å²) in [5.74, 6) is -0.0301. The molecule has 26 heavy (non-hydrogen) atoms. The van der Waals surface area contributed by atoms with E-state index in [0.717, 1.165) is 12.0 Å². The molecule has 0 bridgehead atoms. The number of carboxylic acids is 1. The van der Waals surface area contributed by atoms with Gasteiger partial charge in [0.25, 0.3) is 0 Å². The minimum absolute atomic E-state index is 0.0737. The number of hydrogen-bond acceptors (Lipinski definition) is 4. The number of ether oxygens (including phenoxy) is 1. The van der Waals surface area contributed by atoms with Crippen molar-refractivity contribution in [3.63, 3.8) is 0 Å². The topological polar surface area (TPSA) is 87.0 Å². The predicted molar refractivity (Wildman–Crippen MR) is 101 cm³/mol. The van der Waals surface area contributed by atoms with E-state index >= 15 is 0 Å². The minimum atomic E-state index is -1.12. The monoisotopic (exact) mass is 404 g/mol. The van der Waals surface area contributed by atoms with Gasteiger partial charge in [0.2, 0.25) is 0 Å². The summed E-state index contributed by atoms with van der Waals surface area (Å²) < 4.78 is 5.73. The Hall–Kier alpha value is -1.01. The molecule has 0 radical (unpaired) electrons. The van der Waals surface area contributed by atoms with Crippen LogP contribution in [-0.4, -0.2) is 40.1 Å². The van der Waals surface area contributed by atoms with Crippen molar-refractivity contribution >= 4 is 29.2 Å². The van der Waals surface area contributed by atoms with Gasteiger partial charge in [-0.2, -0.15) is 0 Å². The summed E-state index contributed by atoms with van der Waals surface area (Å²) in [5, 5.41) is 29.2. The number of carboxylic acid groups (broad SMARTS) is 1. The van der Waals surface area contributed by atoms with Gasteiger partial charge in [-0.1, -0.05) is 55.3 Å². The summed E-state index contributed by atoms with van der Waals surface area (Å²) in [4.78, 5) is 10.6. The Morgan fingerprint density at radius 2 is 1.85 bits per heavy atom. The van der Waals surface area contributed by atoms with E-state index < -0.39 is 24.6 Å². The molecule has 7 heteroatoms. The van der Waals surface area contributed by atoms with Crippen LogP contribution < -0.4 is 4.74 Å². The lowest BCUT2D eigenvalue weighted by Crippen LogP contribution is -2.25. The lowest BCUT2D eigenvalue weighted by Gasteiger charge is -2.24. The van der Waals surface area contributed by atoms with Crippen molar-refractivity contribution < 1.29 is 24.9 Å². The van der Waals surface area contributed by atoms with Crippen molar-refractivity contribution in [2.45, 2.75) is 63.6 Å². The number of halogens is 2. The number of rotatable bonds is 9. The molecule has 1 aromatic carbocycles. The smallest absolute Gasteiger partial charge is 0.305 e. The Labute approximate surface area is 163 Å². The molecule has 1 saturated carbocycles. The lowest BCUT2D eigenvalue weighted by molar-refractivity contribution is -0.139. The maximum atomic E-state index is 10.6. The Morgan fingerprint density at radius 3 is 2.50 bits per heavy atom. The summed E-state index contributed by atoms with van der Waals surface area (Å²) in [5.41, 5.74) is 0.924. The third-order valence-corrected chi connectivity index (χ3v) is 5.19. The molecule has 1 aliphatic carbocycles. The highest BCUT2D eigenvalue weighted by Crippen LogP contribution is 2.36. The highest BCUT2D eigenvalue weighted by Gasteiger charge is 2.20. The zero-order valence-corrected chi connectivity index (χ0v) is 16.2. The molecule has 3 N–H and O–H groups in total. The number of aliphatic hydroxyl groups excluding tert-OH is 2. The van der Waals surface area contributed by atoms with E-state index in [0.29, 0.717) is 21.7 Å². The largest absolute Gasteiger partial charge is 0.489 e. The van der Waals surface area contributed by atoms with Gasteiger partial charge in [-0.25, -0.2) is 0 Å². The van der Waals surface area contributed by atoms with Gasteiger partial charge in [-0.15, -0.1) is 0 Å². The van der Waals surface area contributed by atoms with Crippen LogP contribution in [0.25, 0.3) is 0 Å². The van der Waals surface area contributed by atoms with E-state index in [2.05, 4.69) is 0 Å². The van der Waals surface area contributed by atoms with E-state index in [4.69, 9.17) is 33.0 Å². The second-order valence-corrected chi connectivity index (χ2v) is 7.88. The summed E-state index contributed by atoms with van der Waals surface area (Å²) >= 11 is 12.4. The first-order valence-corrected chi connectivity index (χ1v) is 9.79. The summed E-state index contributed by atoms with van der Waals surface area (Å²) in [6.45, 7) is -0.0737. The number of carbonyl (C=O) groups is 1. The van der Waals surface area contributed by atoms with Crippen molar-refractivity contribution in [2.75, 3.05) is 6.61 Å². The molecule has 146 valence electrons. The number of aliphatic carboxylic acids is 1. The first-order valence-electron chi connectivity index (χ1n) is 9.03. The van der Waals surface area contributed by atoms with Crippen LogP contribution in [0.15, 0.2) is 12.1 Å². The SMILES string of the molecule is O=C(O)C[C@H](O)CC(O)COc1c(Cl)cc(Cl)cc1CC1CCCCC1. The standard InChI is InChI=1S/C19H26Cl2O5/c20-14-7-13(6-12-4-2-1-3-5-12)19(17(21)8-14)26-11-16(23)9-15(22)10-18(24)25/h7-8,12,15-16,22-23H,1-6,9-11H2,(H,24,25)/t15-,16?/m1/s1. The van der Waals surface area contributed by atoms with Gasteiger partial charge in [0.15, 0.2) is 0 Å². The Morgan fingerprint density at radius 1 is 1.15 bits per heavy atom. The second-order valence-electron chi connectivity index (χ2n) is 7.04. The van der Waals surface area contributed by atoms with Gasteiger partial charge in [0.05, 0.1) is 23.7 Å². The van der Waals surface area contributed by atoms with Gasteiger partial charge < -0.3 is 20.1 Å². The van der Waals surface area contributed by atoms with E-state index in [-0.39, 0.29) is 13.0 Å². The zero-order chi connectivity index (χ0) is 19.1. The van der Waals surface area contributed by atoms with Gasteiger partial charge in [0, 0.05) is 11.4 Å². The van der Waals surface area contributed by atoms with Crippen molar-refractivity contribution in [1.29, 1.82) is 0 Å². The molecule has 5 nitrogen and oxygen atoms in total. The van der Waals surface area contributed by atoms with E-state index in [9.17, 15) is 15.0 Å². The molecule has 1 aliphatic rings. The van der Waals surface area contributed by atoms with Crippen LogP contribution in [0.1, 0.15) is 50.5 Å². The van der Waals surface area contributed by atoms with Crippen LogP contribution >= 0.6 is 23.2 Å². The average Bonchev–Trinajstić information content (AvgIpc) is 2.54. The maximum absolute atomic E-state index is 10.6. The molecule has 0 saturated heterocycles. The van der Waals surface area contributed by atoms with Crippen LogP contribution in [0.2, 0.25) is 10.0 Å². The maximum Gasteiger partial charge on any atom is 0.305 e. The predicted octanol–water partition coefficient (Wildman–Crippen LogP) is 4.08. The fourth-order valence-corrected chi connectivity index (χ4v) is 4.07. The third kappa shape index (κ3) is 6.95. The van der Waals surface area contributed by atoms with E-state index in [1.807, 2.05) is 6.07 Å². The van der Waals surface area contributed by atoms with Crippen molar-refractivity contribution in [3.8, 4) is 5.75 Å². The molecule has 1 fully saturated rings. The summed E-state index contributed by atoms with van der Waals surface area (Å²) in [7, 11) is 0. The molecule has 2 atom stereocenters. The lowest BCUT2D eigenvalue weighted by atomic mass is 9.84. The molecule has 0 aliphatic heterocycles.